The predicted molar refractivity (Wildman–Crippen MR) is 58.2 cm³/mol. The Bertz CT molecular complexity index is 266. The van der Waals surface area contributed by atoms with Crippen molar-refractivity contribution in [3.63, 3.8) is 0 Å². The van der Waals surface area contributed by atoms with Crippen molar-refractivity contribution in [3.8, 4) is 0 Å². The van der Waals surface area contributed by atoms with Crippen LogP contribution in [0.1, 0.15) is 25.7 Å². The summed E-state index contributed by atoms with van der Waals surface area (Å²) in [6, 6.07) is -0.719. The fraction of sp³-hybridized carbons (Fsp3) is 0.800. The Morgan fingerprint density at radius 1 is 1.44 bits per heavy atom. The zero-order valence-electron chi connectivity index (χ0n) is 9.26. The van der Waals surface area contributed by atoms with Gasteiger partial charge in [-0.05, 0) is 19.3 Å². The highest BCUT2D eigenvalue weighted by atomic mass is 16.3. The Morgan fingerprint density at radius 2 is 2.06 bits per heavy atom. The summed E-state index contributed by atoms with van der Waals surface area (Å²) in [6.45, 7) is 0.182. The van der Waals surface area contributed by atoms with Crippen LogP contribution in [-0.4, -0.2) is 47.1 Å². The molecule has 0 aromatic carbocycles. The van der Waals surface area contributed by atoms with Crippen molar-refractivity contribution < 1.29 is 14.7 Å². The van der Waals surface area contributed by atoms with Gasteiger partial charge in [0.05, 0.1) is 19.1 Å². The van der Waals surface area contributed by atoms with Gasteiger partial charge in [-0.15, -0.1) is 0 Å². The number of aliphatic hydroxyl groups excluding tert-OH is 1. The number of hydrogen-bond donors (Lipinski definition) is 3. The highest BCUT2D eigenvalue weighted by Crippen LogP contribution is 2.25. The molecule has 0 aromatic heterocycles. The fourth-order valence-corrected chi connectivity index (χ4v) is 1.80. The van der Waals surface area contributed by atoms with Crippen LogP contribution in [0.5, 0.6) is 0 Å². The van der Waals surface area contributed by atoms with Crippen LogP contribution >= 0.6 is 0 Å². The number of nitrogens with two attached hydrogens (primary N) is 2. The summed E-state index contributed by atoms with van der Waals surface area (Å²) in [7, 11) is 0. The van der Waals surface area contributed by atoms with Crippen LogP contribution < -0.4 is 11.5 Å². The molecule has 1 aliphatic rings. The van der Waals surface area contributed by atoms with E-state index in [0.717, 1.165) is 19.3 Å². The van der Waals surface area contributed by atoms with Crippen molar-refractivity contribution in [2.75, 3.05) is 13.2 Å². The van der Waals surface area contributed by atoms with E-state index < -0.39 is 11.9 Å². The summed E-state index contributed by atoms with van der Waals surface area (Å²) < 4.78 is 0. The number of amides is 2. The molecule has 0 saturated heterocycles. The monoisotopic (exact) mass is 229 g/mol. The molecule has 0 aromatic rings. The molecule has 2 amide bonds. The molecule has 1 unspecified atom stereocenters. The van der Waals surface area contributed by atoms with Crippen molar-refractivity contribution in [2.24, 2.45) is 11.5 Å². The minimum Gasteiger partial charge on any atom is -0.395 e. The summed E-state index contributed by atoms with van der Waals surface area (Å²) in [4.78, 5) is 24.1. The number of hydrogen-bond acceptors (Lipinski definition) is 4. The summed E-state index contributed by atoms with van der Waals surface area (Å²) in [6.07, 6.45) is 2.82. The molecule has 0 heterocycles. The number of carbonyl (C=O) groups is 2. The van der Waals surface area contributed by atoms with Gasteiger partial charge in [-0.3, -0.25) is 9.59 Å². The molecule has 1 fully saturated rings. The van der Waals surface area contributed by atoms with Gasteiger partial charge in [0.15, 0.2) is 0 Å². The molecule has 16 heavy (non-hydrogen) atoms. The maximum Gasteiger partial charge on any atom is 0.240 e. The predicted octanol–water partition coefficient (Wildman–Crippen LogP) is -1.44. The molecule has 6 heteroatoms. The summed E-state index contributed by atoms with van der Waals surface area (Å²) >= 11 is 0. The molecule has 0 aliphatic heterocycles. The van der Waals surface area contributed by atoms with Gasteiger partial charge >= 0.3 is 0 Å². The minimum atomic E-state index is -0.885. The van der Waals surface area contributed by atoms with Crippen LogP contribution in [-0.2, 0) is 9.59 Å². The van der Waals surface area contributed by atoms with Crippen LogP contribution in [0.4, 0.5) is 0 Å². The maximum absolute atomic E-state index is 11.9. The number of aliphatic hydroxyl groups is 1. The van der Waals surface area contributed by atoms with Gasteiger partial charge in [-0.1, -0.05) is 0 Å². The van der Waals surface area contributed by atoms with E-state index in [1.54, 1.807) is 4.90 Å². The third-order valence-electron chi connectivity index (χ3n) is 2.88. The van der Waals surface area contributed by atoms with Gasteiger partial charge in [0.25, 0.3) is 0 Å². The lowest BCUT2D eigenvalue weighted by Crippen LogP contribution is -2.52. The van der Waals surface area contributed by atoms with E-state index in [1.165, 1.54) is 0 Å². The van der Waals surface area contributed by atoms with Crippen LogP contribution in [0.15, 0.2) is 0 Å². The normalized spacial score (nSPS) is 17.6. The van der Waals surface area contributed by atoms with E-state index in [9.17, 15) is 9.59 Å². The third kappa shape index (κ3) is 3.18. The fourth-order valence-electron chi connectivity index (χ4n) is 1.80. The van der Waals surface area contributed by atoms with E-state index in [1.807, 2.05) is 0 Å². The first-order valence-electron chi connectivity index (χ1n) is 5.51. The lowest BCUT2D eigenvalue weighted by Gasteiger charge is -2.38. The molecule has 0 radical (unpaired) electrons. The van der Waals surface area contributed by atoms with Crippen LogP contribution in [0.3, 0.4) is 0 Å². The molecule has 1 saturated carbocycles. The molecule has 6 nitrogen and oxygen atoms in total. The largest absolute Gasteiger partial charge is 0.395 e. The number of nitrogens with zero attached hydrogens (tertiary/aromatic N) is 1. The van der Waals surface area contributed by atoms with Gasteiger partial charge in [-0.2, -0.15) is 0 Å². The van der Waals surface area contributed by atoms with Crippen molar-refractivity contribution in [3.05, 3.63) is 0 Å². The second-order valence-electron chi connectivity index (χ2n) is 4.12. The van der Waals surface area contributed by atoms with E-state index in [4.69, 9.17) is 16.6 Å². The first-order valence-corrected chi connectivity index (χ1v) is 5.51. The molecule has 1 aliphatic carbocycles. The molecular weight excluding hydrogens is 210 g/mol. The number of carbonyl (C=O) groups excluding carboxylic acids is 2. The smallest absolute Gasteiger partial charge is 0.240 e. The lowest BCUT2D eigenvalue weighted by atomic mass is 9.91. The number of primary amides is 1. The molecular formula is C10H19N3O3. The van der Waals surface area contributed by atoms with E-state index in [0.29, 0.717) is 0 Å². The van der Waals surface area contributed by atoms with Gasteiger partial charge in [0.1, 0.15) is 0 Å². The van der Waals surface area contributed by atoms with Crippen molar-refractivity contribution >= 4 is 11.8 Å². The van der Waals surface area contributed by atoms with Crippen molar-refractivity contribution in [1.82, 2.24) is 4.90 Å². The molecule has 1 atom stereocenters. The van der Waals surface area contributed by atoms with Gasteiger partial charge < -0.3 is 21.5 Å². The summed E-state index contributed by atoms with van der Waals surface area (Å²) in [5, 5.41) is 8.89. The zero-order valence-corrected chi connectivity index (χ0v) is 9.26. The van der Waals surface area contributed by atoms with Crippen LogP contribution in [0.25, 0.3) is 0 Å². The van der Waals surface area contributed by atoms with Gasteiger partial charge in [-0.25, -0.2) is 0 Å². The van der Waals surface area contributed by atoms with Gasteiger partial charge in [0, 0.05) is 12.6 Å². The molecule has 0 bridgehead atoms. The van der Waals surface area contributed by atoms with Gasteiger partial charge in [0.2, 0.25) is 11.8 Å². The second kappa shape index (κ2) is 5.81. The van der Waals surface area contributed by atoms with E-state index >= 15 is 0 Å². The van der Waals surface area contributed by atoms with Crippen molar-refractivity contribution in [1.29, 1.82) is 0 Å². The van der Waals surface area contributed by atoms with E-state index in [2.05, 4.69) is 0 Å². The third-order valence-corrected chi connectivity index (χ3v) is 2.88. The highest BCUT2D eigenvalue weighted by Gasteiger charge is 2.31. The Balaban J connectivity index is 2.54. The second-order valence-corrected chi connectivity index (χ2v) is 4.12. The number of rotatable bonds is 6. The first kappa shape index (κ1) is 12.9. The van der Waals surface area contributed by atoms with Crippen molar-refractivity contribution in [2.45, 2.75) is 37.8 Å². The highest BCUT2D eigenvalue weighted by molar-refractivity contribution is 5.87. The Labute approximate surface area is 94.6 Å². The average molecular weight is 229 g/mol. The Kier molecular flexibility index (Phi) is 4.70. The average Bonchev–Trinajstić information content (AvgIpc) is 2.12. The van der Waals surface area contributed by atoms with Crippen LogP contribution in [0, 0.1) is 0 Å². The molecule has 0 spiro atoms. The first-order chi connectivity index (χ1) is 7.56. The lowest BCUT2D eigenvalue weighted by molar-refractivity contribution is -0.139. The Hall–Kier alpha value is -1.14. The quantitative estimate of drug-likeness (QED) is 0.518. The molecule has 1 rings (SSSR count). The SMILES string of the molecule is NC(=O)CC(N)C(=O)N(CCO)C1CCC1. The minimum absolute atomic E-state index is 0.0917. The Morgan fingerprint density at radius 3 is 2.44 bits per heavy atom. The standard InChI is InChI=1S/C10H19N3O3/c11-8(6-9(12)15)10(16)13(4-5-14)7-2-1-3-7/h7-8,14H,1-6,11H2,(H2,12,15). The summed E-state index contributed by atoms with van der Waals surface area (Å²) in [5.41, 5.74) is 10.6. The summed E-state index contributed by atoms with van der Waals surface area (Å²) in [5.74, 6) is -0.879. The maximum atomic E-state index is 11.9. The molecule has 92 valence electrons. The van der Waals surface area contributed by atoms with Crippen LogP contribution in [0.2, 0.25) is 0 Å². The zero-order chi connectivity index (χ0) is 12.1. The topological polar surface area (TPSA) is 110 Å². The molecule has 5 N–H and O–H groups in total. The van der Waals surface area contributed by atoms with E-state index in [-0.39, 0.29) is 31.5 Å².